The molecule has 1 rings (SSSR count). The first-order valence-electron chi connectivity index (χ1n) is 4.82. The van der Waals surface area contributed by atoms with Gasteiger partial charge in [0.25, 0.3) is 0 Å². The summed E-state index contributed by atoms with van der Waals surface area (Å²) in [6.45, 7) is 0.0656. The molecule has 0 fully saturated rings. The number of hydrogen-bond donors (Lipinski definition) is 1. The van der Waals surface area contributed by atoms with Crippen LogP contribution in [0.25, 0.3) is 0 Å². The summed E-state index contributed by atoms with van der Waals surface area (Å²) >= 11 is 0. The number of carbonyl (C=O) groups is 1. The fraction of sp³-hybridized carbons (Fsp3) is 0.154. The van der Waals surface area contributed by atoms with Crippen LogP contribution in [0.5, 0.6) is 0 Å². The van der Waals surface area contributed by atoms with Crippen LogP contribution in [0.3, 0.4) is 0 Å². The third-order valence-electron chi connectivity index (χ3n) is 1.67. The molecule has 0 saturated carbocycles. The zero-order chi connectivity index (χ0) is 11.6. The van der Waals surface area contributed by atoms with E-state index in [4.69, 9.17) is 9.84 Å². The number of esters is 1. The molecule has 0 aliphatic rings. The van der Waals surface area contributed by atoms with Crippen LogP contribution in [0.15, 0.2) is 42.5 Å². The largest absolute Gasteiger partial charge is 0.452 e. The maximum Gasteiger partial charge on any atom is 0.385 e. The van der Waals surface area contributed by atoms with Gasteiger partial charge in [0.1, 0.15) is 6.61 Å². The zero-order valence-electron chi connectivity index (χ0n) is 8.72. The molecule has 0 unspecified atom stereocenters. The standard InChI is InChI=1S/C13H12O3/c14-10-4-5-11-16-13(15)9-8-12-6-2-1-3-7-12/h1-7,14H,10-11H2/b5-4+. The smallest absolute Gasteiger partial charge is 0.385 e. The molecule has 16 heavy (non-hydrogen) atoms. The minimum absolute atomic E-state index is 0.0623. The lowest BCUT2D eigenvalue weighted by molar-refractivity contribution is -0.135. The van der Waals surface area contributed by atoms with Gasteiger partial charge < -0.3 is 9.84 Å². The molecule has 0 aliphatic heterocycles. The monoisotopic (exact) mass is 216 g/mol. The van der Waals surface area contributed by atoms with Gasteiger partial charge in [0.2, 0.25) is 0 Å². The van der Waals surface area contributed by atoms with Gasteiger partial charge in [-0.1, -0.05) is 30.2 Å². The second-order valence-corrected chi connectivity index (χ2v) is 2.87. The zero-order valence-corrected chi connectivity index (χ0v) is 8.72. The number of carbonyl (C=O) groups excluding carboxylic acids is 1. The van der Waals surface area contributed by atoms with Crippen molar-refractivity contribution in [2.75, 3.05) is 13.2 Å². The number of ether oxygens (including phenoxy) is 1. The average molecular weight is 216 g/mol. The second-order valence-electron chi connectivity index (χ2n) is 2.87. The van der Waals surface area contributed by atoms with Gasteiger partial charge in [-0.3, -0.25) is 0 Å². The molecule has 0 radical (unpaired) electrons. The van der Waals surface area contributed by atoms with E-state index in [0.29, 0.717) is 0 Å². The van der Waals surface area contributed by atoms with Crippen molar-refractivity contribution >= 4 is 5.97 Å². The maximum absolute atomic E-state index is 11.1. The van der Waals surface area contributed by atoms with Crippen LogP contribution >= 0.6 is 0 Å². The summed E-state index contributed by atoms with van der Waals surface area (Å²) in [5.74, 6) is 4.48. The third kappa shape index (κ3) is 4.99. The fourth-order valence-corrected chi connectivity index (χ4v) is 0.947. The number of aliphatic hydroxyl groups excluding tert-OH is 1. The van der Waals surface area contributed by atoms with Gasteiger partial charge in [0, 0.05) is 11.5 Å². The average Bonchev–Trinajstić information content (AvgIpc) is 2.33. The summed E-state index contributed by atoms with van der Waals surface area (Å²) in [6, 6.07) is 9.19. The highest BCUT2D eigenvalue weighted by atomic mass is 16.5. The van der Waals surface area contributed by atoms with Crippen molar-refractivity contribution in [1.82, 2.24) is 0 Å². The van der Waals surface area contributed by atoms with E-state index >= 15 is 0 Å². The quantitative estimate of drug-likeness (QED) is 0.468. The number of rotatable bonds is 3. The van der Waals surface area contributed by atoms with E-state index in [0.717, 1.165) is 5.56 Å². The Bertz CT molecular complexity index is 410. The summed E-state index contributed by atoms with van der Waals surface area (Å²) in [7, 11) is 0. The van der Waals surface area contributed by atoms with E-state index in [1.54, 1.807) is 6.08 Å². The van der Waals surface area contributed by atoms with E-state index in [-0.39, 0.29) is 13.2 Å². The number of hydrogen-bond acceptors (Lipinski definition) is 3. The molecule has 1 N–H and O–H groups in total. The molecule has 1 aromatic carbocycles. The molecule has 82 valence electrons. The highest BCUT2D eigenvalue weighted by molar-refractivity contribution is 5.89. The number of benzene rings is 1. The Morgan fingerprint density at radius 3 is 2.75 bits per heavy atom. The maximum atomic E-state index is 11.1. The van der Waals surface area contributed by atoms with E-state index in [1.807, 2.05) is 30.3 Å². The molecule has 3 nitrogen and oxygen atoms in total. The molecule has 3 heteroatoms. The first-order chi connectivity index (χ1) is 7.83. The van der Waals surface area contributed by atoms with Gasteiger partial charge in [-0.25, -0.2) is 4.79 Å². The van der Waals surface area contributed by atoms with Crippen molar-refractivity contribution in [2.45, 2.75) is 0 Å². The molecular weight excluding hydrogens is 204 g/mol. The van der Waals surface area contributed by atoms with Crippen LogP contribution in [0, 0.1) is 11.8 Å². The number of aliphatic hydroxyl groups is 1. The van der Waals surface area contributed by atoms with Crippen LogP contribution in [0.1, 0.15) is 5.56 Å². The SMILES string of the molecule is O=C(C#Cc1ccccc1)OC/C=C/CO. The Kier molecular flexibility index (Phi) is 5.46. The molecule has 0 bridgehead atoms. The molecular formula is C13H12O3. The van der Waals surface area contributed by atoms with Crippen LogP contribution in [0.2, 0.25) is 0 Å². The third-order valence-corrected chi connectivity index (χ3v) is 1.67. The van der Waals surface area contributed by atoms with Gasteiger partial charge in [-0.05, 0) is 18.2 Å². The van der Waals surface area contributed by atoms with Gasteiger partial charge >= 0.3 is 5.97 Å². The van der Waals surface area contributed by atoms with E-state index in [1.165, 1.54) is 6.08 Å². The van der Waals surface area contributed by atoms with Gasteiger partial charge in [0.05, 0.1) is 6.61 Å². The normalized spacial score (nSPS) is 9.56. The van der Waals surface area contributed by atoms with E-state index < -0.39 is 5.97 Å². The molecule has 0 atom stereocenters. The fourth-order valence-electron chi connectivity index (χ4n) is 0.947. The Balaban J connectivity index is 2.40. The lowest BCUT2D eigenvalue weighted by Crippen LogP contribution is -2.00. The summed E-state index contributed by atoms with van der Waals surface area (Å²) in [4.78, 5) is 11.1. The molecule has 0 aliphatic carbocycles. The minimum atomic E-state index is -0.577. The lowest BCUT2D eigenvalue weighted by Gasteiger charge is -1.93. The van der Waals surface area contributed by atoms with Crippen molar-refractivity contribution in [3.05, 3.63) is 48.0 Å². The first kappa shape index (κ1) is 12.0. The molecule has 0 amide bonds. The van der Waals surface area contributed by atoms with Crippen LogP contribution < -0.4 is 0 Å². The molecule has 1 aromatic rings. The summed E-state index contributed by atoms with van der Waals surface area (Å²) in [5, 5.41) is 8.43. The van der Waals surface area contributed by atoms with Crippen LogP contribution in [0.4, 0.5) is 0 Å². The summed E-state index contributed by atoms with van der Waals surface area (Å²) < 4.78 is 4.76. The molecule has 0 saturated heterocycles. The molecule has 0 heterocycles. The predicted octanol–water partition coefficient (Wildman–Crippen LogP) is 1.13. The van der Waals surface area contributed by atoms with Gasteiger partial charge in [0.15, 0.2) is 0 Å². The van der Waals surface area contributed by atoms with Gasteiger partial charge in [-0.15, -0.1) is 0 Å². The van der Waals surface area contributed by atoms with Gasteiger partial charge in [-0.2, -0.15) is 0 Å². The highest BCUT2D eigenvalue weighted by Gasteiger charge is 1.93. The topological polar surface area (TPSA) is 46.5 Å². The summed E-state index contributed by atoms with van der Waals surface area (Å²) in [5.41, 5.74) is 0.769. The highest BCUT2D eigenvalue weighted by Crippen LogP contribution is 1.94. The van der Waals surface area contributed by atoms with Crippen LogP contribution in [-0.2, 0) is 9.53 Å². The first-order valence-corrected chi connectivity index (χ1v) is 4.82. The Morgan fingerprint density at radius 1 is 1.31 bits per heavy atom. The Hall–Kier alpha value is -2.05. The molecule has 0 spiro atoms. The Morgan fingerprint density at radius 2 is 2.06 bits per heavy atom. The second kappa shape index (κ2) is 7.27. The molecule has 0 aromatic heterocycles. The van der Waals surface area contributed by atoms with E-state index in [9.17, 15) is 4.79 Å². The van der Waals surface area contributed by atoms with Crippen molar-refractivity contribution in [2.24, 2.45) is 0 Å². The predicted molar refractivity (Wildman–Crippen MR) is 60.5 cm³/mol. The minimum Gasteiger partial charge on any atom is -0.452 e. The van der Waals surface area contributed by atoms with Crippen molar-refractivity contribution in [3.63, 3.8) is 0 Å². The van der Waals surface area contributed by atoms with Crippen molar-refractivity contribution in [3.8, 4) is 11.8 Å². The van der Waals surface area contributed by atoms with Crippen LogP contribution in [-0.4, -0.2) is 24.3 Å². The lowest BCUT2D eigenvalue weighted by atomic mass is 10.2. The van der Waals surface area contributed by atoms with Crippen molar-refractivity contribution < 1.29 is 14.6 Å². The van der Waals surface area contributed by atoms with Crippen molar-refractivity contribution in [1.29, 1.82) is 0 Å². The van der Waals surface area contributed by atoms with E-state index in [2.05, 4.69) is 11.8 Å². The Labute approximate surface area is 94.4 Å². The summed E-state index contributed by atoms with van der Waals surface area (Å²) in [6.07, 6.45) is 3.06.